The molecule has 72 valence electrons. The fourth-order valence-corrected chi connectivity index (χ4v) is 2.20. The molecular formula is C12H13NO. The molecule has 1 saturated carbocycles. The Kier molecular flexibility index (Phi) is 1.64. The Labute approximate surface area is 83.3 Å². The highest BCUT2D eigenvalue weighted by Gasteiger charge is 2.39. The molecule has 0 saturated heterocycles. The minimum absolute atomic E-state index is 0.667. The minimum Gasteiger partial charge on any atom is -0.464 e. The van der Waals surface area contributed by atoms with Crippen LogP contribution in [0.15, 0.2) is 34.9 Å². The molecule has 0 aromatic rings. The van der Waals surface area contributed by atoms with Gasteiger partial charge in [-0.1, -0.05) is 6.07 Å². The maximum absolute atomic E-state index is 5.42. The Hall–Kier alpha value is -1.28. The molecule has 1 heterocycles. The molecule has 2 unspecified atom stereocenters. The number of nitrogens with one attached hydrogen (secondary N) is 1. The summed E-state index contributed by atoms with van der Waals surface area (Å²) < 4.78 is 5.42. The van der Waals surface area contributed by atoms with Gasteiger partial charge >= 0.3 is 0 Å². The molecule has 1 N–H and O–H groups in total. The zero-order valence-electron chi connectivity index (χ0n) is 8.16. The molecule has 3 rings (SSSR count). The van der Waals surface area contributed by atoms with Gasteiger partial charge in [0, 0.05) is 17.5 Å². The number of hydrogen-bond donors (Lipinski definition) is 1. The lowest BCUT2D eigenvalue weighted by molar-refractivity contribution is 0.566. The Morgan fingerprint density at radius 1 is 1.36 bits per heavy atom. The first-order chi connectivity index (χ1) is 6.90. The maximum Gasteiger partial charge on any atom is 0.134 e. The van der Waals surface area contributed by atoms with Crippen LogP contribution in [0.3, 0.4) is 0 Å². The smallest absolute Gasteiger partial charge is 0.134 e. The molecule has 2 heteroatoms. The van der Waals surface area contributed by atoms with Crippen LogP contribution in [0.25, 0.3) is 11.3 Å². The lowest BCUT2D eigenvalue weighted by Gasteiger charge is -2.01. The molecule has 0 spiro atoms. The quantitative estimate of drug-likeness (QED) is 0.781. The molecule has 1 fully saturated rings. The number of rotatable bonds is 2. The highest BCUT2D eigenvalue weighted by molar-refractivity contribution is 5.67. The third-order valence-corrected chi connectivity index (χ3v) is 3.09. The first-order valence-electron chi connectivity index (χ1n) is 5.03. The second kappa shape index (κ2) is 2.85. The minimum atomic E-state index is 0.667. The number of likely N-dealkylation sites (N-methyl/N-ethyl adjacent to an activating group) is 1. The highest BCUT2D eigenvalue weighted by Crippen LogP contribution is 2.46. The van der Waals surface area contributed by atoms with Gasteiger partial charge in [0.25, 0.3) is 0 Å². The Balaban J connectivity index is 2.00. The van der Waals surface area contributed by atoms with Crippen LogP contribution in [0.1, 0.15) is 17.9 Å². The molecule has 2 nitrogen and oxygen atoms in total. The van der Waals surface area contributed by atoms with E-state index in [4.69, 9.17) is 4.42 Å². The van der Waals surface area contributed by atoms with Crippen LogP contribution < -0.4 is 5.32 Å². The van der Waals surface area contributed by atoms with Crippen molar-refractivity contribution in [2.75, 3.05) is 7.05 Å². The predicted octanol–water partition coefficient (Wildman–Crippen LogP) is 2.46. The zero-order chi connectivity index (χ0) is 9.54. The fraction of sp³-hybridized carbons (Fsp3) is 0.333. The van der Waals surface area contributed by atoms with Crippen LogP contribution in [0.5, 0.6) is 0 Å². The monoisotopic (exact) mass is 187 g/mol. The number of fused-ring (bicyclic) bond motifs is 1. The van der Waals surface area contributed by atoms with Crippen molar-refractivity contribution in [1.82, 2.24) is 5.32 Å². The summed E-state index contributed by atoms with van der Waals surface area (Å²) in [6.07, 6.45) is 2.99. The normalized spacial score (nSPS) is 25.5. The average Bonchev–Trinajstić information content (AvgIpc) is 2.90. The number of hydrogen-bond acceptors (Lipinski definition) is 2. The van der Waals surface area contributed by atoms with Crippen molar-refractivity contribution in [2.24, 2.45) is 0 Å². The van der Waals surface area contributed by atoms with Crippen LogP contribution in [0, 0.1) is 0 Å². The molecule has 2 atom stereocenters. The summed E-state index contributed by atoms with van der Waals surface area (Å²) in [6.45, 7) is 0. The van der Waals surface area contributed by atoms with E-state index in [2.05, 4.69) is 23.5 Å². The third kappa shape index (κ3) is 1.07. The van der Waals surface area contributed by atoms with Gasteiger partial charge in [-0.05, 0) is 37.2 Å². The van der Waals surface area contributed by atoms with E-state index in [1.807, 2.05) is 13.1 Å². The van der Waals surface area contributed by atoms with E-state index in [-0.39, 0.29) is 0 Å². The van der Waals surface area contributed by atoms with E-state index < -0.39 is 0 Å². The molecule has 0 bridgehead atoms. The van der Waals surface area contributed by atoms with Gasteiger partial charge in [0.2, 0.25) is 0 Å². The molecule has 3 aliphatic rings. The molecule has 0 aromatic carbocycles. The van der Waals surface area contributed by atoms with Gasteiger partial charge in [0.15, 0.2) is 0 Å². The molecule has 14 heavy (non-hydrogen) atoms. The van der Waals surface area contributed by atoms with Gasteiger partial charge in [-0.3, -0.25) is 0 Å². The highest BCUT2D eigenvalue weighted by atomic mass is 16.3. The van der Waals surface area contributed by atoms with Crippen molar-refractivity contribution in [1.29, 1.82) is 0 Å². The van der Waals surface area contributed by atoms with Crippen molar-refractivity contribution in [3.63, 3.8) is 0 Å². The largest absolute Gasteiger partial charge is 0.464 e. The Morgan fingerprint density at radius 2 is 2.29 bits per heavy atom. The van der Waals surface area contributed by atoms with Gasteiger partial charge in [-0.25, -0.2) is 0 Å². The average molecular weight is 187 g/mol. The summed E-state index contributed by atoms with van der Waals surface area (Å²) in [5.41, 5.74) is 2.71. The van der Waals surface area contributed by atoms with Crippen molar-refractivity contribution in [3.05, 3.63) is 36.1 Å². The van der Waals surface area contributed by atoms with E-state index in [1.54, 1.807) is 6.26 Å². The molecular weight excluding hydrogens is 174 g/mol. The third-order valence-electron chi connectivity index (χ3n) is 3.09. The lowest BCUT2D eigenvalue weighted by Crippen LogP contribution is -2.10. The van der Waals surface area contributed by atoms with Crippen molar-refractivity contribution in [3.8, 4) is 11.3 Å². The molecule has 1 aliphatic heterocycles. The summed E-state index contributed by atoms with van der Waals surface area (Å²) in [7, 11) is 2.03. The molecule has 0 radical (unpaired) electrons. The Bertz CT molecular complexity index is 420. The molecule has 2 aliphatic carbocycles. The predicted molar refractivity (Wildman–Crippen MR) is 55.5 cm³/mol. The lowest BCUT2D eigenvalue weighted by atomic mass is 10.1. The van der Waals surface area contributed by atoms with E-state index in [0.29, 0.717) is 12.0 Å². The van der Waals surface area contributed by atoms with Crippen molar-refractivity contribution in [2.45, 2.75) is 18.4 Å². The van der Waals surface area contributed by atoms with Gasteiger partial charge in [0.1, 0.15) is 5.76 Å². The summed E-state index contributed by atoms with van der Waals surface area (Å²) in [5.74, 6) is 1.69. The van der Waals surface area contributed by atoms with Gasteiger partial charge < -0.3 is 9.73 Å². The van der Waals surface area contributed by atoms with Crippen LogP contribution in [-0.2, 0) is 0 Å². The second-order valence-electron chi connectivity index (χ2n) is 3.92. The van der Waals surface area contributed by atoms with E-state index in [9.17, 15) is 0 Å². The summed E-state index contributed by atoms with van der Waals surface area (Å²) in [4.78, 5) is 0. The van der Waals surface area contributed by atoms with Gasteiger partial charge in [-0.2, -0.15) is 0 Å². The van der Waals surface area contributed by atoms with Crippen molar-refractivity contribution >= 4 is 0 Å². The van der Waals surface area contributed by atoms with Gasteiger partial charge in [-0.15, -0.1) is 0 Å². The second-order valence-corrected chi connectivity index (χ2v) is 3.92. The summed E-state index contributed by atoms with van der Waals surface area (Å²) >= 11 is 0. The topological polar surface area (TPSA) is 25.2 Å². The molecule has 0 amide bonds. The zero-order valence-corrected chi connectivity index (χ0v) is 8.16. The maximum atomic E-state index is 5.42. The van der Waals surface area contributed by atoms with Crippen LogP contribution >= 0.6 is 0 Å². The first-order valence-corrected chi connectivity index (χ1v) is 5.03. The standard InChI is InChI=1S/C12H13NO/c1-13-11-7-10(11)8-4-5-12-9(8)3-2-6-14-12/h2-6,10-11,13H,7H2,1H3. The van der Waals surface area contributed by atoms with E-state index in [1.165, 1.54) is 17.5 Å². The molecule has 0 aromatic heterocycles. The van der Waals surface area contributed by atoms with Gasteiger partial charge in [0.05, 0.1) is 6.26 Å². The first kappa shape index (κ1) is 8.06. The Morgan fingerprint density at radius 3 is 3.07 bits per heavy atom. The summed E-state index contributed by atoms with van der Waals surface area (Å²) in [6, 6.07) is 9.02. The van der Waals surface area contributed by atoms with E-state index in [0.717, 1.165) is 5.76 Å². The summed E-state index contributed by atoms with van der Waals surface area (Å²) in [5, 5.41) is 3.31. The van der Waals surface area contributed by atoms with Crippen LogP contribution in [-0.4, -0.2) is 13.1 Å². The van der Waals surface area contributed by atoms with Crippen LogP contribution in [0.2, 0.25) is 0 Å². The fourth-order valence-electron chi connectivity index (χ4n) is 2.20. The SMILES string of the molecule is CNC1CC1c1ccc2occcc1-2. The van der Waals surface area contributed by atoms with E-state index >= 15 is 0 Å². The van der Waals surface area contributed by atoms with Crippen LogP contribution in [0.4, 0.5) is 0 Å². The van der Waals surface area contributed by atoms with Crippen molar-refractivity contribution < 1.29 is 4.42 Å².